The summed E-state index contributed by atoms with van der Waals surface area (Å²) in [4.78, 5) is 28.8. The number of benzene rings is 3. The molecular formula is C31H39N3O4S. The third-order valence-corrected chi connectivity index (χ3v) is 8.64. The zero-order valence-electron chi connectivity index (χ0n) is 23.5. The number of rotatable bonds is 12. The van der Waals surface area contributed by atoms with Crippen molar-refractivity contribution in [2.24, 2.45) is 0 Å². The van der Waals surface area contributed by atoms with Crippen LogP contribution in [0.1, 0.15) is 48.9 Å². The molecule has 208 valence electrons. The van der Waals surface area contributed by atoms with Crippen molar-refractivity contribution in [3.63, 3.8) is 0 Å². The first-order valence-corrected chi connectivity index (χ1v) is 14.8. The number of amides is 2. The lowest BCUT2D eigenvalue weighted by atomic mass is 10.1. The first-order valence-electron chi connectivity index (χ1n) is 13.4. The third-order valence-electron chi connectivity index (χ3n) is 6.86. The summed E-state index contributed by atoms with van der Waals surface area (Å²) in [5.74, 6) is -0.697. The van der Waals surface area contributed by atoms with Gasteiger partial charge in [-0.2, -0.15) is 0 Å². The first kappa shape index (κ1) is 29.9. The van der Waals surface area contributed by atoms with Crippen molar-refractivity contribution in [3.8, 4) is 0 Å². The molecule has 0 aliphatic rings. The molecule has 3 aromatic carbocycles. The van der Waals surface area contributed by atoms with Gasteiger partial charge in [-0.1, -0.05) is 74.0 Å². The van der Waals surface area contributed by atoms with E-state index in [0.29, 0.717) is 18.7 Å². The maximum atomic E-state index is 14.1. The number of sulfonamides is 1. The Balaban J connectivity index is 2.08. The lowest BCUT2D eigenvalue weighted by molar-refractivity contribution is -0.140. The van der Waals surface area contributed by atoms with Crippen LogP contribution in [0.3, 0.4) is 0 Å². The molecule has 1 atom stereocenters. The van der Waals surface area contributed by atoms with Crippen LogP contribution in [0.2, 0.25) is 0 Å². The summed E-state index contributed by atoms with van der Waals surface area (Å²) in [5, 5.41) is 2.90. The summed E-state index contributed by atoms with van der Waals surface area (Å²) in [5.41, 5.74) is 3.90. The summed E-state index contributed by atoms with van der Waals surface area (Å²) in [6.07, 6.45) is 1.16. The predicted molar refractivity (Wildman–Crippen MR) is 156 cm³/mol. The lowest BCUT2D eigenvalue weighted by Crippen LogP contribution is -2.52. The molecule has 0 saturated heterocycles. The molecule has 0 aromatic heterocycles. The van der Waals surface area contributed by atoms with E-state index in [1.54, 1.807) is 36.4 Å². The summed E-state index contributed by atoms with van der Waals surface area (Å²) in [6.45, 7) is 9.70. The van der Waals surface area contributed by atoms with Crippen molar-refractivity contribution in [2.45, 2.75) is 64.9 Å². The average molecular weight is 550 g/mol. The monoisotopic (exact) mass is 549 g/mol. The number of hydrogen-bond acceptors (Lipinski definition) is 4. The maximum Gasteiger partial charge on any atom is 0.264 e. The molecule has 0 spiro atoms. The first-order chi connectivity index (χ1) is 18.6. The summed E-state index contributed by atoms with van der Waals surface area (Å²) >= 11 is 0. The number of nitrogens with zero attached hydrogens (tertiary/aromatic N) is 2. The second-order valence-corrected chi connectivity index (χ2v) is 11.6. The van der Waals surface area contributed by atoms with E-state index in [2.05, 4.69) is 5.32 Å². The highest BCUT2D eigenvalue weighted by Gasteiger charge is 2.34. The highest BCUT2D eigenvalue weighted by Crippen LogP contribution is 2.29. The molecule has 1 N–H and O–H groups in total. The molecule has 0 heterocycles. The van der Waals surface area contributed by atoms with Gasteiger partial charge in [0.15, 0.2) is 0 Å². The molecule has 0 unspecified atom stereocenters. The SMILES string of the molecule is CCCNC(=O)[C@@H](CC)N(Cc1ccccc1)C(=O)CN(c1cccc(C)c1C)S(=O)(=O)c1ccc(C)cc1. The summed E-state index contributed by atoms with van der Waals surface area (Å²) in [6, 6.07) is 20.7. The Hall–Kier alpha value is -3.65. The summed E-state index contributed by atoms with van der Waals surface area (Å²) < 4.78 is 29.2. The van der Waals surface area contributed by atoms with Gasteiger partial charge in [0.05, 0.1) is 10.6 Å². The predicted octanol–water partition coefficient (Wildman–Crippen LogP) is 5.14. The van der Waals surface area contributed by atoms with Crippen LogP contribution in [-0.4, -0.2) is 44.3 Å². The van der Waals surface area contributed by atoms with Crippen LogP contribution in [0.25, 0.3) is 0 Å². The fourth-order valence-corrected chi connectivity index (χ4v) is 5.89. The molecule has 7 nitrogen and oxygen atoms in total. The van der Waals surface area contributed by atoms with Gasteiger partial charge in [-0.3, -0.25) is 13.9 Å². The molecule has 3 rings (SSSR count). The van der Waals surface area contributed by atoms with Crippen molar-refractivity contribution in [1.29, 1.82) is 0 Å². The van der Waals surface area contributed by atoms with E-state index in [1.807, 2.05) is 71.0 Å². The average Bonchev–Trinajstić information content (AvgIpc) is 2.92. The second-order valence-electron chi connectivity index (χ2n) is 9.77. The van der Waals surface area contributed by atoms with Crippen molar-refractivity contribution in [1.82, 2.24) is 10.2 Å². The van der Waals surface area contributed by atoms with Gasteiger partial charge in [-0.05, 0) is 68.5 Å². The second kappa shape index (κ2) is 13.4. The van der Waals surface area contributed by atoms with Gasteiger partial charge < -0.3 is 10.2 Å². The Morgan fingerprint density at radius 2 is 1.54 bits per heavy atom. The van der Waals surface area contributed by atoms with Crippen LogP contribution < -0.4 is 9.62 Å². The van der Waals surface area contributed by atoms with Crippen LogP contribution in [-0.2, 0) is 26.2 Å². The van der Waals surface area contributed by atoms with E-state index >= 15 is 0 Å². The zero-order valence-corrected chi connectivity index (χ0v) is 24.3. The normalized spacial score (nSPS) is 12.0. The fraction of sp³-hybridized carbons (Fsp3) is 0.355. The Morgan fingerprint density at radius 3 is 2.15 bits per heavy atom. The van der Waals surface area contributed by atoms with Gasteiger partial charge in [-0.25, -0.2) is 8.42 Å². The standard InChI is InChI=1S/C31H39N3O4S/c1-6-20-32-31(36)28(7-2)33(21-26-13-9-8-10-14-26)30(35)22-34(29-15-11-12-24(4)25(29)5)39(37,38)27-18-16-23(3)17-19-27/h8-19,28H,6-7,20-22H2,1-5H3,(H,32,36)/t28-/m1/s1. The third kappa shape index (κ3) is 7.26. The molecule has 0 fully saturated rings. The number of nitrogens with one attached hydrogen (secondary N) is 1. The largest absolute Gasteiger partial charge is 0.354 e. The summed E-state index contributed by atoms with van der Waals surface area (Å²) in [7, 11) is -4.09. The minimum Gasteiger partial charge on any atom is -0.354 e. The number of hydrogen-bond donors (Lipinski definition) is 1. The van der Waals surface area contributed by atoms with Crippen LogP contribution >= 0.6 is 0 Å². The Morgan fingerprint density at radius 1 is 0.872 bits per heavy atom. The Bertz CT molecular complexity index is 1370. The molecule has 0 bridgehead atoms. The highest BCUT2D eigenvalue weighted by atomic mass is 32.2. The minimum absolute atomic E-state index is 0.101. The van der Waals surface area contributed by atoms with Gasteiger partial charge in [0, 0.05) is 13.1 Å². The smallest absolute Gasteiger partial charge is 0.264 e. The quantitative estimate of drug-likeness (QED) is 0.339. The van der Waals surface area contributed by atoms with E-state index in [1.165, 1.54) is 9.21 Å². The van der Waals surface area contributed by atoms with E-state index in [9.17, 15) is 18.0 Å². The van der Waals surface area contributed by atoms with Crippen LogP contribution in [0.15, 0.2) is 77.7 Å². The fourth-order valence-electron chi connectivity index (χ4n) is 4.42. The Labute approximate surface area is 232 Å². The molecule has 3 aromatic rings. The molecule has 0 aliphatic carbocycles. The van der Waals surface area contributed by atoms with Crippen molar-refractivity contribution in [2.75, 3.05) is 17.4 Å². The van der Waals surface area contributed by atoms with Crippen LogP contribution in [0, 0.1) is 20.8 Å². The minimum atomic E-state index is -4.09. The van der Waals surface area contributed by atoms with E-state index < -0.39 is 28.5 Å². The maximum absolute atomic E-state index is 14.1. The molecule has 0 saturated carbocycles. The number of aryl methyl sites for hydroxylation is 2. The molecular weight excluding hydrogens is 510 g/mol. The number of anilines is 1. The van der Waals surface area contributed by atoms with Crippen LogP contribution in [0.5, 0.6) is 0 Å². The van der Waals surface area contributed by atoms with Gasteiger partial charge in [0.25, 0.3) is 10.0 Å². The van der Waals surface area contributed by atoms with Gasteiger partial charge in [-0.15, -0.1) is 0 Å². The van der Waals surface area contributed by atoms with Gasteiger partial charge in [0.1, 0.15) is 12.6 Å². The number of carbonyl (C=O) groups is 2. The highest BCUT2D eigenvalue weighted by molar-refractivity contribution is 7.92. The van der Waals surface area contributed by atoms with Gasteiger partial charge in [0.2, 0.25) is 11.8 Å². The number of carbonyl (C=O) groups excluding carboxylic acids is 2. The topological polar surface area (TPSA) is 86.8 Å². The molecule has 0 aliphatic heterocycles. The van der Waals surface area contributed by atoms with E-state index in [0.717, 1.165) is 28.7 Å². The lowest BCUT2D eigenvalue weighted by Gasteiger charge is -2.33. The van der Waals surface area contributed by atoms with Crippen molar-refractivity contribution >= 4 is 27.5 Å². The van der Waals surface area contributed by atoms with Crippen molar-refractivity contribution < 1.29 is 18.0 Å². The van der Waals surface area contributed by atoms with Crippen LogP contribution in [0.4, 0.5) is 5.69 Å². The zero-order chi connectivity index (χ0) is 28.6. The Kier molecular flexibility index (Phi) is 10.3. The van der Waals surface area contributed by atoms with E-state index in [-0.39, 0.29) is 17.3 Å². The van der Waals surface area contributed by atoms with Crippen molar-refractivity contribution in [3.05, 3.63) is 95.1 Å². The molecule has 39 heavy (non-hydrogen) atoms. The van der Waals surface area contributed by atoms with Gasteiger partial charge >= 0.3 is 0 Å². The molecule has 0 radical (unpaired) electrons. The molecule has 2 amide bonds. The van der Waals surface area contributed by atoms with E-state index in [4.69, 9.17) is 0 Å². The molecule has 8 heteroatoms.